The number of amides is 2. The molecule has 1 unspecified atom stereocenters. The second-order valence-corrected chi connectivity index (χ2v) is 4.90. The normalized spacial score (nSPS) is 18.3. The van der Waals surface area contributed by atoms with Gasteiger partial charge in [-0.3, -0.25) is 4.98 Å². The summed E-state index contributed by atoms with van der Waals surface area (Å²) in [6, 6.07) is 4.42. The SMILES string of the molecule is CN(CCc1ccccn1)C(=O)N1CCOCC1C(=O)O. The average Bonchev–Trinajstić information content (AvgIpc) is 2.52. The van der Waals surface area contributed by atoms with Crippen LogP contribution in [0.15, 0.2) is 24.4 Å². The van der Waals surface area contributed by atoms with E-state index in [9.17, 15) is 9.59 Å². The van der Waals surface area contributed by atoms with Gasteiger partial charge in [-0.1, -0.05) is 6.07 Å². The van der Waals surface area contributed by atoms with E-state index in [0.29, 0.717) is 26.1 Å². The van der Waals surface area contributed by atoms with Crippen molar-refractivity contribution in [3.8, 4) is 0 Å². The minimum Gasteiger partial charge on any atom is -0.480 e. The Morgan fingerprint density at radius 1 is 1.52 bits per heavy atom. The molecule has 0 bridgehead atoms. The van der Waals surface area contributed by atoms with Crippen molar-refractivity contribution in [1.29, 1.82) is 0 Å². The first-order valence-electron chi connectivity index (χ1n) is 6.82. The zero-order chi connectivity index (χ0) is 15.2. The Labute approximate surface area is 123 Å². The van der Waals surface area contributed by atoms with E-state index in [1.807, 2.05) is 18.2 Å². The highest BCUT2D eigenvalue weighted by molar-refractivity contribution is 5.83. The van der Waals surface area contributed by atoms with Gasteiger partial charge in [-0.05, 0) is 12.1 Å². The van der Waals surface area contributed by atoms with Crippen molar-refractivity contribution in [2.45, 2.75) is 12.5 Å². The lowest BCUT2D eigenvalue weighted by Crippen LogP contribution is -2.56. The number of nitrogens with zero attached hydrogens (tertiary/aromatic N) is 3. The van der Waals surface area contributed by atoms with E-state index >= 15 is 0 Å². The number of pyridine rings is 1. The van der Waals surface area contributed by atoms with E-state index in [4.69, 9.17) is 9.84 Å². The maximum Gasteiger partial charge on any atom is 0.328 e. The summed E-state index contributed by atoms with van der Waals surface area (Å²) in [6.45, 7) is 1.18. The van der Waals surface area contributed by atoms with E-state index in [1.54, 1.807) is 13.2 Å². The van der Waals surface area contributed by atoms with Crippen LogP contribution in [-0.2, 0) is 16.0 Å². The lowest BCUT2D eigenvalue weighted by atomic mass is 10.2. The molecule has 2 amide bonds. The Bertz CT molecular complexity index is 494. The molecule has 1 aliphatic heterocycles. The van der Waals surface area contributed by atoms with Gasteiger partial charge in [0.05, 0.1) is 13.2 Å². The summed E-state index contributed by atoms with van der Waals surface area (Å²) in [4.78, 5) is 30.6. The number of carboxylic acids is 1. The molecule has 1 aromatic heterocycles. The third-order valence-corrected chi connectivity index (χ3v) is 3.42. The molecule has 1 aliphatic rings. The van der Waals surface area contributed by atoms with Gasteiger partial charge < -0.3 is 19.6 Å². The van der Waals surface area contributed by atoms with Gasteiger partial charge in [0, 0.05) is 38.4 Å². The maximum absolute atomic E-state index is 12.3. The number of morpholine rings is 1. The van der Waals surface area contributed by atoms with Crippen molar-refractivity contribution in [3.63, 3.8) is 0 Å². The molecule has 1 fully saturated rings. The number of carbonyl (C=O) groups excluding carboxylic acids is 1. The predicted molar refractivity (Wildman–Crippen MR) is 74.9 cm³/mol. The monoisotopic (exact) mass is 293 g/mol. The van der Waals surface area contributed by atoms with Crippen LogP contribution >= 0.6 is 0 Å². The summed E-state index contributed by atoms with van der Waals surface area (Å²) < 4.78 is 5.13. The fraction of sp³-hybridized carbons (Fsp3) is 0.500. The number of aromatic nitrogens is 1. The molecule has 2 heterocycles. The largest absolute Gasteiger partial charge is 0.480 e. The molecular weight excluding hydrogens is 274 g/mol. The third kappa shape index (κ3) is 3.91. The number of rotatable bonds is 4. The number of carbonyl (C=O) groups is 2. The molecule has 114 valence electrons. The van der Waals surface area contributed by atoms with Crippen molar-refractivity contribution in [3.05, 3.63) is 30.1 Å². The fourth-order valence-corrected chi connectivity index (χ4v) is 2.18. The zero-order valence-corrected chi connectivity index (χ0v) is 11.9. The molecule has 0 aromatic carbocycles. The summed E-state index contributed by atoms with van der Waals surface area (Å²) in [7, 11) is 1.67. The first kappa shape index (κ1) is 15.2. The Morgan fingerprint density at radius 2 is 2.33 bits per heavy atom. The average molecular weight is 293 g/mol. The molecule has 21 heavy (non-hydrogen) atoms. The van der Waals surface area contributed by atoms with Gasteiger partial charge in [-0.2, -0.15) is 0 Å². The molecule has 1 atom stereocenters. The van der Waals surface area contributed by atoms with Gasteiger partial charge >= 0.3 is 12.0 Å². The van der Waals surface area contributed by atoms with Crippen molar-refractivity contribution >= 4 is 12.0 Å². The van der Waals surface area contributed by atoms with Crippen molar-refractivity contribution in [1.82, 2.24) is 14.8 Å². The van der Waals surface area contributed by atoms with Crippen LogP contribution in [0, 0.1) is 0 Å². The first-order valence-corrected chi connectivity index (χ1v) is 6.82. The van der Waals surface area contributed by atoms with Crippen molar-refractivity contribution in [2.75, 3.05) is 33.4 Å². The van der Waals surface area contributed by atoms with E-state index in [-0.39, 0.29) is 12.6 Å². The molecular formula is C14H19N3O4. The van der Waals surface area contributed by atoms with Crippen LogP contribution < -0.4 is 0 Å². The van der Waals surface area contributed by atoms with Gasteiger partial charge in [-0.15, -0.1) is 0 Å². The second kappa shape index (κ2) is 7.03. The molecule has 2 rings (SSSR count). The molecule has 0 saturated carbocycles. The van der Waals surface area contributed by atoms with E-state index in [2.05, 4.69) is 4.98 Å². The first-order chi connectivity index (χ1) is 10.1. The molecule has 7 nitrogen and oxygen atoms in total. The van der Waals surface area contributed by atoms with Crippen LogP contribution in [0.2, 0.25) is 0 Å². The molecule has 1 aromatic rings. The number of hydrogen-bond acceptors (Lipinski definition) is 4. The quantitative estimate of drug-likeness (QED) is 0.872. The van der Waals surface area contributed by atoms with Crippen LogP contribution in [0.5, 0.6) is 0 Å². The van der Waals surface area contributed by atoms with E-state index in [0.717, 1.165) is 5.69 Å². The van der Waals surface area contributed by atoms with Crippen molar-refractivity contribution in [2.24, 2.45) is 0 Å². The molecule has 1 saturated heterocycles. The molecule has 0 spiro atoms. The molecule has 7 heteroatoms. The van der Waals surface area contributed by atoms with E-state index in [1.165, 1.54) is 9.80 Å². The summed E-state index contributed by atoms with van der Waals surface area (Å²) in [5.41, 5.74) is 0.897. The van der Waals surface area contributed by atoms with E-state index < -0.39 is 12.0 Å². The predicted octanol–water partition coefficient (Wildman–Crippen LogP) is 0.461. The van der Waals surface area contributed by atoms with Crippen LogP contribution in [0.1, 0.15) is 5.69 Å². The standard InChI is InChI=1S/C14H19N3O4/c1-16(7-5-11-4-2-3-6-15-11)14(20)17-8-9-21-10-12(17)13(18)19/h2-4,6,12H,5,7-10H2,1H3,(H,18,19). The zero-order valence-electron chi connectivity index (χ0n) is 11.9. The Hall–Kier alpha value is -2.15. The Kier molecular flexibility index (Phi) is 5.10. The molecule has 0 aliphatic carbocycles. The minimum atomic E-state index is -1.04. The topological polar surface area (TPSA) is 83.0 Å². The number of aliphatic carboxylic acids is 1. The minimum absolute atomic E-state index is 0.0369. The number of hydrogen-bond donors (Lipinski definition) is 1. The second-order valence-electron chi connectivity index (χ2n) is 4.90. The van der Waals surface area contributed by atoms with Gasteiger partial charge in [0.25, 0.3) is 0 Å². The van der Waals surface area contributed by atoms with Gasteiger partial charge in [-0.25, -0.2) is 9.59 Å². The summed E-state index contributed by atoms with van der Waals surface area (Å²) in [5.74, 6) is -1.04. The van der Waals surface area contributed by atoms with Crippen LogP contribution in [0.4, 0.5) is 4.79 Å². The lowest BCUT2D eigenvalue weighted by Gasteiger charge is -2.35. The third-order valence-electron chi connectivity index (χ3n) is 3.42. The highest BCUT2D eigenvalue weighted by Gasteiger charge is 2.34. The van der Waals surface area contributed by atoms with Crippen LogP contribution in [0.3, 0.4) is 0 Å². The van der Waals surface area contributed by atoms with Gasteiger partial charge in [0.2, 0.25) is 0 Å². The summed E-state index contributed by atoms with van der Waals surface area (Å²) in [6.07, 6.45) is 2.34. The number of likely N-dealkylation sites (N-methyl/N-ethyl adjacent to an activating group) is 1. The van der Waals surface area contributed by atoms with Crippen LogP contribution in [-0.4, -0.2) is 71.3 Å². The molecule has 1 N–H and O–H groups in total. The summed E-state index contributed by atoms with van der Waals surface area (Å²) >= 11 is 0. The van der Waals surface area contributed by atoms with Crippen LogP contribution in [0.25, 0.3) is 0 Å². The van der Waals surface area contributed by atoms with Gasteiger partial charge in [0.1, 0.15) is 0 Å². The summed E-state index contributed by atoms with van der Waals surface area (Å²) in [5, 5.41) is 9.14. The number of carboxylic acid groups (broad SMARTS) is 1. The maximum atomic E-state index is 12.3. The highest BCUT2D eigenvalue weighted by atomic mass is 16.5. The Balaban J connectivity index is 1.93. The van der Waals surface area contributed by atoms with Gasteiger partial charge in [0.15, 0.2) is 6.04 Å². The Morgan fingerprint density at radius 3 is 3.00 bits per heavy atom. The highest BCUT2D eigenvalue weighted by Crippen LogP contribution is 2.10. The number of ether oxygens (including phenoxy) is 1. The smallest absolute Gasteiger partial charge is 0.328 e. The lowest BCUT2D eigenvalue weighted by molar-refractivity contribution is -0.147. The van der Waals surface area contributed by atoms with Crippen molar-refractivity contribution < 1.29 is 19.4 Å². The fourth-order valence-electron chi connectivity index (χ4n) is 2.18. The molecule has 0 radical (unpaired) electrons. The number of urea groups is 1.